The van der Waals surface area contributed by atoms with Crippen molar-refractivity contribution >= 4 is 17.8 Å². The third-order valence-corrected chi connectivity index (χ3v) is 6.24. The Labute approximate surface area is 221 Å². The van der Waals surface area contributed by atoms with Crippen LogP contribution in [0.2, 0.25) is 0 Å². The minimum Gasteiger partial charge on any atom is -0.453 e. The monoisotopic (exact) mass is 518 g/mol. The van der Waals surface area contributed by atoms with E-state index in [1.165, 1.54) is 14.2 Å². The molecular weight excluding hydrogens is 488 g/mol. The lowest BCUT2D eigenvalue weighted by atomic mass is 9.95. The molecule has 2 N–H and O–H groups in total. The third-order valence-electron chi connectivity index (χ3n) is 6.24. The number of ether oxygens (including phenoxy) is 4. The summed E-state index contributed by atoms with van der Waals surface area (Å²) in [7, 11) is 2.89. The van der Waals surface area contributed by atoms with Gasteiger partial charge in [-0.1, -0.05) is 54.6 Å². The smallest absolute Gasteiger partial charge is 0.338 e. The van der Waals surface area contributed by atoms with E-state index < -0.39 is 36.6 Å². The molecule has 3 aromatic carbocycles. The van der Waals surface area contributed by atoms with Gasteiger partial charge in [-0.05, 0) is 36.4 Å². The Morgan fingerprint density at radius 2 is 1.24 bits per heavy atom. The largest absolute Gasteiger partial charge is 0.453 e. The van der Waals surface area contributed by atoms with E-state index in [2.05, 4.69) is 10.6 Å². The normalized spacial score (nSPS) is 22.7. The first-order chi connectivity index (χ1) is 18.5. The molecule has 0 aromatic heterocycles. The molecule has 3 aromatic rings. The topological polar surface area (TPSA) is 112 Å². The first-order valence-electron chi connectivity index (χ1n) is 12.2. The van der Waals surface area contributed by atoms with E-state index >= 15 is 0 Å². The minimum atomic E-state index is -0.990. The molecule has 1 heterocycles. The number of hydrogen-bond acceptors (Lipinski definition) is 7. The number of carbonyl (C=O) groups excluding carboxylic acids is 3. The van der Waals surface area contributed by atoms with Gasteiger partial charge in [0.25, 0.3) is 11.8 Å². The van der Waals surface area contributed by atoms with Crippen molar-refractivity contribution in [1.82, 2.24) is 10.6 Å². The molecule has 1 aliphatic rings. The van der Waals surface area contributed by atoms with E-state index in [9.17, 15) is 14.4 Å². The lowest BCUT2D eigenvalue weighted by molar-refractivity contribution is -0.257. The molecule has 1 aliphatic heterocycles. The Balaban J connectivity index is 1.58. The Morgan fingerprint density at radius 3 is 1.76 bits per heavy atom. The summed E-state index contributed by atoms with van der Waals surface area (Å²) in [5.74, 6) is -1.28. The molecule has 1 fully saturated rings. The number of benzene rings is 3. The second-order valence-electron chi connectivity index (χ2n) is 8.66. The summed E-state index contributed by atoms with van der Waals surface area (Å²) >= 11 is 0. The number of rotatable bonds is 9. The van der Waals surface area contributed by atoms with Crippen LogP contribution >= 0.6 is 0 Å². The molecule has 4 rings (SSSR count). The highest BCUT2D eigenvalue weighted by molar-refractivity contribution is 5.95. The summed E-state index contributed by atoms with van der Waals surface area (Å²) < 4.78 is 23.4. The van der Waals surface area contributed by atoms with Crippen molar-refractivity contribution in [3.05, 3.63) is 108 Å². The number of carbonyl (C=O) groups is 3. The predicted octanol–water partition coefficient (Wildman–Crippen LogP) is 2.83. The quantitative estimate of drug-likeness (QED) is 0.419. The van der Waals surface area contributed by atoms with Crippen LogP contribution in [0.15, 0.2) is 91.0 Å². The molecule has 0 saturated carbocycles. The average Bonchev–Trinajstić information content (AvgIpc) is 2.97. The van der Waals surface area contributed by atoms with E-state index in [0.717, 1.165) is 0 Å². The van der Waals surface area contributed by atoms with E-state index in [1.807, 2.05) is 12.1 Å². The van der Waals surface area contributed by atoms with Gasteiger partial charge in [0.05, 0.1) is 5.56 Å². The summed E-state index contributed by atoms with van der Waals surface area (Å²) in [6, 6.07) is 25.1. The fourth-order valence-corrected chi connectivity index (χ4v) is 4.32. The highest BCUT2D eigenvalue weighted by Gasteiger charge is 2.49. The zero-order valence-corrected chi connectivity index (χ0v) is 21.1. The number of amides is 2. The van der Waals surface area contributed by atoms with Crippen LogP contribution < -0.4 is 10.6 Å². The van der Waals surface area contributed by atoms with Crippen LogP contribution in [-0.2, 0) is 18.9 Å². The van der Waals surface area contributed by atoms with Crippen molar-refractivity contribution in [2.24, 2.45) is 0 Å². The van der Waals surface area contributed by atoms with Crippen molar-refractivity contribution in [1.29, 1.82) is 0 Å². The minimum absolute atomic E-state index is 0.000461. The van der Waals surface area contributed by atoms with E-state index in [-0.39, 0.29) is 18.4 Å². The van der Waals surface area contributed by atoms with Gasteiger partial charge in [0, 0.05) is 31.9 Å². The molecule has 9 heteroatoms. The van der Waals surface area contributed by atoms with Crippen LogP contribution in [0.5, 0.6) is 0 Å². The van der Waals surface area contributed by atoms with Crippen LogP contribution in [0.1, 0.15) is 31.1 Å². The van der Waals surface area contributed by atoms with Crippen molar-refractivity contribution in [3.8, 4) is 0 Å². The maximum absolute atomic E-state index is 13.0. The van der Waals surface area contributed by atoms with Gasteiger partial charge in [-0.15, -0.1) is 0 Å². The van der Waals surface area contributed by atoms with Gasteiger partial charge >= 0.3 is 5.97 Å². The zero-order valence-electron chi connectivity index (χ0n) is 21.1. The number of hydrogen-bond donors (Lipinski definition) is 2. The standard InChI is InChI=1S/C29H30N2O7/c1-35-25-23(31-27(33)20-14-8-4-9-15-20)29(36-2)37-22(18-30-26(32)19-12-6-3-7-13-19)24(25)38-28(34)21-16-10-5-11-17-21/h3-17,22-25,29H,18H2,1-2H3,(H,30,32)(H,31,33)/t22-,23-,24+,25-,29+/m1/s1. The summed E-state index contributed by atoms with van der Waals surface area (Å²) in [5.41, 5.74) is 1.25. The van der Waals surface area contributed by atoms with Crippen molar-refractivity contribution in [2.75, 3.05) is 20.8 Å². The van der Waals surface area contributed by atoms with E-state index in [1.54, 1.807) is 78.9 Å². The Hall–Kier alpha value is -4.05. The molecule has 0 bridgehead atoms. The summed E-state index contributed by atoms with van der Waals surface area (Å²) in [6.07, 6.45) is -3.63. The van der Waals surface area contributed by atoms with Crippen LogP contribution in [-0.4, -0.2) is 69.2 Å². The summed E-state index contributed by atoms with van der Waals surface area (Å²) in [6.45, 7) is -0.000461. The van der Waals surface area contributed by atoms with Crippen molar-refractivity contribution < 1.29 is 33.3 Å². The molecule has 1 saturated heterocycles. The number of nitrogens with one attached hydrogen (secondary N) is 2. The summed E-state index contributed by atoms with van der Waals surface area (Å²) in [4.78, 5) is 38.8. The van der Waals surface area contributed by atoms with Gasteiger partial charge in [-0.2, -0.15) is 0 Å². The van der Waals surface area contributed by atoms with Gasteiger partial charge < -0.3 is 29.6 Å². The highest BCUT2D eigenvalue weighted by atomic mass is 16.7. The molecule has 2 amide bonds. The number of methoxy groups -OCH3 is 2. The third kappa shape index (κ3) is 6.44. The van der Waals surface area contributed by atoms with Gasteiger partial charge in [-0.25, -0.2) is 4.79 Å². The Bertz CT molecular complexity index is 1210. The first-order valence-corrected chi connectivity index (χ1v) is 12.2. The Kier molecular flexibility index (Phi) is 9.21. The predicted molar refractivity (Wildman–Crippen MR) is 139 cm³/mol. The maximum atomic E-state index is 13.0. The fourth-order valence-electron chi connectivity index (χ4n) is 4.32. The highest BCUT2D eigenvalue weighted by Crippen LogP contribution is 2.27. The molecule has 198 valence electrons. The van der Waals surface area contributed by atoms with Crippen LogP contribution in [0.3, 0.4) is 0 Å². The lowest BCUT2D eigenvalue weighted by Crippen LogP contribution is -2.66. The lowest BCUT2D eigenvalue weighted by Gasteiger charge is -2.45. The molecule has 5 atom stereocenters. The molecule has 0 unspecified atom stereocenters. The SMILES string of the molecule is CO[C@H]1O[C@H](CNC(=O)c2ccccc2)[C@H](OC(=O)c2ccccc2)[C@H](OC)[C@H]1NC(=O)c1ccccc1. The molecular formula is C29H30N2O7. The van der Waals surface area contributed by atoms with Crippen LogP contribution in [0.4, 0.5) is 0 Å². The van der Waals surface area contributed by atoms with Crippen molar-refractivity contribution in [3.63, 3.8) is 0 Å². The zero-order chi connectivity index (χ0) is 26.9. The Morgan fingerprint density at radius 1 is 0.711 bits per heavy atom. The second kappa shape index (κ2) is 13.0. The van der Waals surface area contributed by atoms with E-state index in [0.29, 0.717) is 16.7 Å². The molecule has 0 spiro atoms. The maximum Gasteiger partial charge on any atom is 0.338 e. The fraction of sp³-hybridized carbons (Fsp3) is 0.276. The molecule has 0 radical (unpaired) electrons. The van der Waals surface area contributed by atoms with Gasteiger partial charge in [-0.3, -0.25) is 9.59 Å². The van der Waals surface area contributed by atoms with Crippen LogP contribution in [0.25, 0.3) is 0 Å². The first kappa shape index (κ1) is 27.0. The second-order valence-corrected chi connectivity index (χ2v) is 8.66. The van der Waals surface area contributed by atoms with Gasteiger partial charge in [0.2, 0.25) is 0 Å². The van der Waals surface area contributed by atoms with Crippen molar-refractivity contribution in [2.45, 2.75) is 30.6 Å². The summed E-state index contributed by atoms with van der Waals surface area (Å²) in [5, 5.41) is 5.73. The molecule has 38 heavy (non-hydrogen) atoms. The van der Waals surface area contributed by atoms with E-state index in [4.69, 9.17) is 18.9 Å². The molecule has 0 aliphatic carbocycles. The number of esters is 1. The van der Waals surface area contributed by atoms with Gasteiger partial charge in [0.15, 0.2) is 12.4 Å². The van der Waals surface area contributed by atoms with Gasteiger partial charge in [0.1, 0.15) is 18.2 Å². The molecule has 9 nitrogen and oxygen atoms in total. The van der Waals surface area contributed by atoms with Crippen LogP contribution in [0, 0.1) is 0 Å². The average molecular weight is 519 g/mol.